The normalized spacial score (nSPS) is 13.7. The maximum Gasteiger partial charge on any atom is 0.0414 e. The van der Waals surface area contributed by atoms with Gasteiger partial charge in [0.1, 0.15) is 0 Å². The molecule has 0 aliphatic heterocycles. The molecule has 1 nitrogen and oxygen atoms in total. The zero-order valence-electron chi connectivity index (χ0n) is 14.1. The van der Waals surface area contributed by atoms with Crippen LogP contribution in [0.4, 0.5) is 0 Å². The van der Waals surface area contributed by atoms with E-state index in [-0.39, 0.29) is 5.41 Å². The van der Waals surface area contributed by atoms with Crippen LogP contribution in [0.5, 0.6) is 0 Å². The fourth-order valence-corrected chi connectivity index (χ4v) is 3.56. The summed E-state index contributed by atoms with van der Waals surface area (Å²) in [5, 5.41) is 3.74. The lowest BCUT2D eigenvalue weighted by Crippen LogP contribution is -2.21. The molecule has 1 N–H and O–H groups in total. The van der Waals surface area contributed by atoms with Crippen molar-refractivity contribution < 1.29 is 0 Å². The summed E-state index contributed by atoms with van der Waals surface area (Å²) in [5.74, 6) is 0. The van der Waals surface area contributed by atoms with Gasteiger partial charge in [0.05, 0.1) is 0 Å². The Morgan fingerprint density at radius 1 is 1.05 bits per heavy atom. The van der Waals surface area contributed by atoms with Crippen LogP contribution >= 0.6 is 11.3 Å². The Balaban J connectivity index is 2.64. The predicted octanol–water partition coefficient (Wildman–Crippen LogP) is 6.06. The molecule has 1 heterocycles. The highest BCUT2D eigenvalue weighted by Gasteiger charge is 2.19. The highest BCUT2D eigenvalue weighted by molar-refractivity contribution is 7.12. The summed E-state index contributed by atoms with van der Waals surface area (Å²) < 4.78 is 0. The summed E-state index contributed by atoms with van der Waals surface area (Å²) in [4.78, 5) is 3.03. The van der Waals surface area contributed by atoms with Gasteiger partial charge >= 0.3 is 0 Å². The van der Waals surface area contributed by atoms with Crippen LogP contribution in [-0.4, -0.2) is 6.54 Å². The van der Waals surface area contributed by atoms with Gasteiger partial charge in [-0.1, -0.05) is 60.3 Å². The molecule has 20 heavy (non-hydrogen) atoms. The highest BCUT2D eigenvalue weighted by atomic mass is 32.1. The number of hydrogen-bond acceptors (Lipinski definition) is 2. The first-order valence-electron chi connectivity index (χ1n) is 8.32. The van der Waals surface area contributed by atoms with Crippen molar-refractivity contribution in [2.45, 2.75) is 84.6 Å². The SMILES string of the molecule is CCCCCCC(NCCC)c1ccc(C(C)(C)C)s1. The molecule has 1 rings (SSSR count). The Kier molecular flexibility index (Phi) is 7.83. The third-order valence-electron chi connectivity index (χ3n) is 3.70. The summed E-state index contributed by atoms with van der Waals surface area (Å²) >= 11 is 2.00. The van der Waals surface area contributed by atoms with Crippen LogP contribution in [0.3, 0.4) is 0 Å². The van der Waals surface area contributed by atoms with Crippen LogP contribution < -0.4 is 5.32 Å². The number of nitrogens with one attached hydrogen (secondary N) is 1. The Morgan fingerprint density at radius 2 is 1.80 bits per heavy atom. The van der Waals surface area contributed by atoms with Crippen molar-refractivity contribution >= 4 is 11.3 Å². The summed E-state index contributed by atoms with van der Waals surface area (Å²) in [6.07, 6.45) is 7.90. The maximum atomic E-state index is 3.74. The molecule has 1 aromatic heterocycles. The summed E-state index contributed by atoms with van der Waals surface area (Å²) in [5.41, 5.74) is 0.278. The third kappa shape index (κ3) is 5.97. The highest BCUT2D eigenvalue weighted by Crippen LogP contribution is 2.34. The zero-order valence-corrected chi connectivity index (χ0v) is 14.9. The van der Waals surface area contributed by atoms with E-state index in [0.29, 0.717) is 6.04 Å². The van der Waals surface area contributed by atoms with Crippen LogP contribution in [-0.2, 0) is 5.41 Å². The fraction of sp³-hybridized carbons (Fsp3) is 0.778. The Morgan fingerprint density at radius 3 is 2.35 bits per heavy atom. The van der Waals surface area contributed by atoms with Crippen LogP contribution in [0, 0.1) is 0 Å². The maximum absolute atomic E-state index is 3.74. The molecule has 1 atom stereocenters. The van der Waals surface area contributed by atoms with Crippen molar-refractivity contribution in [3.63, 3.8) is 0 Å². The first-order valence-corrected chi connectivity index (χ1v) is 9.14. The largest absolute Gasteiger partial charge is 0.309 e. The minimum Gasteiger partial charge on any atom is -0.309 e. The molecule has 116 valence electrons. The number of hydrogen-bond donors (Lipinski definition) is 1. The van der Waals surface area contributed by atoms with Crippen LogP contribution in [0.25, 0.3) is 0 Å². The molecule has 0 aliphatic rings. The molecular weight excluding hydrogens is 262 g/mol. The number of thiophene rings is 1. The molecular formula is C18H33NS. The molecule has 0 saturated carbocycles. The standard InChI is InChI=1S/C18H33NS/c1-6-8-9-10-11-15(19-14-7-2)16-12-13-17(20-16)18(3,4)5/h12-13,15,19H,6-11,14H2,1-5H3. The van der Waals surface area contributed by atoms with Gasteiger partial charge in [0.2, 0.25) is 0 Å². The Hall–Kier alpha value is -0.340. The van der Waals surface area contributed by atoms with E-state index in [1.807, 2.05) is 11.3 Å². The Bertz CT molecular complexity index is 362. The van der Waals surface area contributed by atoms with E-state index in [4.69, 9.17) is 0 Å². The van der Waals surface area contributed by atoms with Gasteiger partial charge in [0.15, 0.2) is 0 Å². The average molecular weight is 296 g/mol. The van der Waals surface area contributed by atoms with Crippen LogP contribution in [0.15, 0.2) is 12.1 Å². The van der Waals surface area contributed by atoms with E-state index in [2.05, 4.69) is 52.1 Å². The summed E-state index contributed by atoms with van der Waals surface area (Å²) in [7, 11) is 0. The van der Waals surface area contributed by atoms with E-state index in [0.717, 1.165) is 6.54 Å². The van der Waals surface area contributed by atoms with Gasteiger partial charge in [0, 0.05) is 15.8 Å². The lowest BCUT2D eigenvalue weighted by Gasteiger charge is -2.18. The average Bonchev–Trinajstić information content (AvgIpc) is 2.87. The minimum absolute atomic E-state index is 0.278. The van der Waals surface area contributed by atoms with E-state index in [1.54, 1.807) is 0 Å². The first kappa shape index (κ1) is 17.7. The van der Waals surface area contributed by atoms with E-state index in [9.17, 15) is 0 Å². The smallest absolute Gasteiger partial charge is 0.0414 e. The fourth-order valence-electron chi connectivity index (χ4n) is 2.38. The molecule has 0 aromatic carbocycles. The van der Waals surface area contributed by atoms with E-state index >= 15 is 0 Å². The lowest BCUT2D eigenvalue weighted by atomic mass is 9.95. The topological polar surface area (TPSA) is 12.0 Å². The molecule has 2 heteroatoms. The first-order chi connectivity index (χ1) is 9.49. The van der Waals surface area contributed by atoms with Gasteiger partial charge in [0.25, 0.3) is 0 Å². The van der Waals surface area contributed by atoms with Gasteiger partial charge < -0.3 is 5.32 Å². The predicted molar refractivity (Wildman–Crippen MR) is 92.8 cm³/mol. The van der Waals surface area contributed by atoms with Crippen molar-refractivity contribution in [3.05, 3.63) is 21.9 Å². The van der Waals surface area contributed by atoms with E-state index in [1.165, 1.54) is 48.3 Å². The van der Waals surface area contributed by atoms with Crippen molar-refractivity contribution in [1.82, 2.24) is 5.32 Å². The molecule has 0 amide bonds. The van der Waals surface area contributed by atoms with Gasteiger partial charge in [-0.3, -0.25) is 0 Å². The van der Waals surface area contributed by atoms with Crippen molar-refractivity contribution in [3.8, 4) is 0 Å². The van der Waals surface area contributed by atoms with Gasteiger partial charge in [-0.15, -0.1) is 11.3 Å². The Labute approximate surface area is 130 Å². The number of unbranched alkanes of at least 4 members (excludes halogenated alkanes) is 3. The second-order valence-corrected chi connectivity index (χ2v) is 7.92. The molecule has 0 radical (unpaired) electrons. The van der Waals surface area contributed by atoms with Crippen molar-refractivity contribution in [2.24, 2.45) is 0 Å². The van der Waals surface area contributed by atoms with Crippen LogP contribution in [0.2, 0.25) is 0 Å². The lowest BCUT2D eigenvalue weighted by molar-refractivity contribution is 0.476. The third-order valence-corrected chi connectivity index (χ3v) is 5.32. The van der Waals surface area contributed by atoms with Crippen LogP contribution in [0.1, 0.15) is 88.9 Å². The molecule has 0 saturated heterocycles. The van der Waals surface area contributed by atoms with Gasteiger partial charge in [-0.05, 0) is 36.9 Å². The van der Waals surface area contributed by atoms with Crippen molar-refractivity contribution in [1.29, 1.82) is 0 Å². The molecule has 0 aliphatic carbocycles. The minimum atomic E-state index is 0.278. The van der Waals surface area contributed by atoms with Gasteiger partial charge in [-0.25, -0.2) is 0 Å². The monoisotopic (exact) mass is 295 g/mol. The molecule has 1 aromatic rings. The van der Waals surface area contributed by atoms with Gasteiger partial charge in [-0.2, -0.15) is 0 Å². The zero-order chi connectivity index (χ0) is 15.0. The molecule has 0 fully saturated rings. The second-order valence-electron chi connectivity index (χ2n) is 6.81. The summed E-state index contributed by atoms with van der Waals surface area (Å²) in [6, 6.07) is 5.23. The van der Waals surface area contributed by atoms with E-state index < -0.39 is 0 Å². The molecule has 1 unspecified atom stereocenters. The molecule has 0 spiro atoms. The second kappa shape index (κ2) is 8.84. The number of rotatable bonds is 9. The summed E-state index contributed by atoms with van der Waals surface area (Å²) in [6.45, 7) is 12.6. The molecule has 0 bridgehead atoms. The quantitative estimate of drug-likeness (QED) is 0.546. The van der Waals surface area contributed by atoms with Crippen molar-refractivity contribution in [2.75, 3.05) is 6.54 Å².